The largest absolute Gasteiger partial charge is 0.465 e. The molecular weight excluding hydrogens is 250 g/mol. The zero-order chi connectivity index (χ0) is 14.0. The normalized spacial score (nSPS) is 10.2. The van der Waals surface area contributed by atoms with Gasteiger partial charge in [-0.1, -0.05) is 0 Å². The Morgan fingerprint density at radius 2 is 2.16 bits per heavy atom. The average Bonchev–Trinajstić information content (AvgIpc) is 2.91. The predicted molar refractivity (Wildman–Crippen MR) is 66.9 cm³/mol. The first-order valence-electron chi connectivity index (χ1n) is 5.46. The first-order chi connectivity index (χ1) is 9.04. The van der Waals surface area contributed by atoms with Crippen molar-refractivity contribution in [2.75, 3.05) is 7.11 Å². The topological polar surface area (TPSA) is 82.6 Å². The third-order valence-corrected chi connectivity index (χ3v) is 2.79. The van der Waals surface area contributed by atoms with Crippen LogP contribution < -0.4 is 0 Å². The minimum Gasteiger partial charge on any atom is -0.465 e. The van der Waals surface area contributed by atoms with Crippen molar-refractivity contribution < 1.29 is 18.9 Å². The van der Waals surface area contributed by atoms with E-state index in [4.69, 9.17) is 4.42 Å². The Morgan fingerprint density at radius 1 is 1.42 bits per heavy atom. The molecule has 0 radical (unpaired) electrons. The summed E-state index contributed by atoms with van der Waals surface area (Å²) in [6.07, 6.45) is 1.46. The second-order valence-corrected chi connectivity index (χ2v) is 3.89. The van der Waals surface area contributed by atoms with Crippen molar-refractivity contribution in [3.8, 4) is 11.3 Å². The number of benzene rings is 1. The number of carbonyl (C=O) groups is 1. The Morgan fingerprint density at radius 3 is 2.68 bits per heavy atom. The van der Waals surface area contributed by atoms with Crippen LogP contribution in [0.2, 0.25) is 0 Å². The average molecular weight is 261 g/mol. The van der Waals surface area contributed by atoms with Gasteiger partial charge in [0.05, 0.1) is 23.9 Å². The third-order valence-electron chi connectivity index (χ3n) is 2.79. The van der Waals surface area contributed by atoms with E-state index in [0.717, 1.165) is 0 Å². The van der Waals surface area contributed by atoms with Gasteiger partial charge in [0, 0.05) is 17.2 Å². The van der Waals surface area contributed by atoms with E-state index in [2.05, 4.69) is 4.74 Å². The van der Waals surface area contributed by atoms with Crippen LogP contribution in [0.1, 0.15) is 15.9 Å². The van der Waals surface area contributed by atoms with Gasteiger partial charge in [0.2, 0.25) is 0 Å². The van der Waals surface area contributed by atoms with Crippen LogP contribution >= 0.6 is 0 Å². The molecule has 1 aromatic carbocycles. The highest BCUT2D eigenvalue weighted by atomic mass is 16.6. The summed E-state index contributed by atoms with van der Waals surface area (Å²) in [5.74, 6) is -0.165. The first kappa shape index (κ1) is 12.8. The molecule has 2 rings (SSSR count). The van der Waals surface area contributed by atoms with E-state index in [-0.39, 0.29) is 16.8 Å². The van der Waals surface area contributed by atoms with Crippen molar-refractivity contribution in [3.63, 3.8) is 0 Å². The monoisotopic (exact) mass is 261 g/mol. The minimum absolute atomic E-state index is 0.144. The quantitative estimate of drug-likeness (QED) is 0.482. The van der Waals surface area contributed by atoms with Crippen molar-refractivity contribution in [1.29, 1.82) is 0 Å². The highest BCUT2D eigenvalue weighted by Crippen LogP contribution is 2.30. The van der Waals surface area contributed by atoms with E-state index in [9.17, 15) is 14.9 Å². The molecule has 0 aliphatic rings. The molecule has 0 saturated carbocycles. The molecule has 6 nitrogen and oxygen atoms in total. The molecular formula is C13H11NO5. The second kappa shape index (κ2) is 4.93. The number of hydrogen-bond acceptors (Lipinski definition) is 5. The van der Waals surface area contributed by atoms with Gasteiger partial charge in [-0.2, -0.15) is 0 Å². The number of ether oxygens (including phenoxy) is 1. The van der Waals surface area contributed by atoms with Gasteiger partial charge in [-0.05, 0) is 25.1 Å². The van der Waals surface area contributed by atoms with E-state index < -0.39 is 10.9 Å². The van der Waals surface area contributed by atoms with Gasteiger partial charge in [0.25, 0.3) is 5.69 Å². The number of nitro groups is 1. The van der Waals surface area contributed by atoms with Gasteiger partial charge in [0.15, 0.2) is 0 Å². The molecule has 1 aromatic heterocycles. The number of esters is 1. The van der Waals surface area contributed by atoms with Crippen molar-refractivity contribution in [1.82, 2.24) is 0 Å². The van der Waals surface area contributed by atoms with Crippen LogP contribution in [0, 0.1) is 17.0 Å². The third kappa shape index (κ3) is 2.33. The van der Waals surface area contributed by atoms with Crippen LogP contribution in [0.4, 0.5) is 5.69 Å². The number of rotatable bonds is 3. The first-order valence-corrected chi connectivity index (χ1v) is 5.46. The van der Waals surface area contributed by atoms with Crippen molar-refractivity contribution >= 4 is 11.7 Å². The molecule has 0 unspecified atom stereocenters. The van der Waals surface area contributed by atoms with Crippen LogP contribution in [-0.4, -0.2) is 18.0 Å². The van der Waals surface area contributed by atoms with E-state index in [0.29, 0.717) is 11.3 Å². The number of methoxy groups -OCH3 is 1. The van der Waals surface area contributed by atoms with E-state index in [1.165, 1.54) is 32.4 Å². The number of nitrogens with zero attached hydrogens (tertiary/aromatic N) is 1. The smallest absolute Gasteiger partial charge is 0.338 e. The summed E-state index contributed by atoms with van der Waals surface area (Å²) in [4.78, 5) is 22.2. The molecule has 0 saturated heterocycles. The fraction of sp³-hybridized carbons (Fsp3) is 0.154. The standard InChI is InChI=1S/C13H11NO5/c1-8-10(13(15)18-2)6-9(7-11(8)14(16)17)12-4-3-5-19-12/h3-7H,1-2H3. The lowest BCUT2D eigenvalue weighted by atomic mass is 10.0. The number of nitro benzene ring substituents is 1. The molecule has 6 heteroatoms. The van der Waals surface area contributed by atoms with Gasteiger partial charge >= 0.3 is 5.97 Å². The molecule has 1 heterocycles. The number of furan rings is 1. The molecule has 0 fully saturated rings. The van der Waals surface area contributed by atoms with Crippen LogP contribution in [0.3, 0.4) is 0 Å². The van der Waals surface area contributed by atoms with Crippen molar-refractivity contribution in [2.24, 2.45) is 0 Å². The summed E-state index contributed by atoms with van der Waals surface area (Å²) in [6.45, 7) is 1.51. The van der Waals surface area contributed by atoms with E-state index in [1.807, 2.05) is 0 Å². The summed E-state index contributed by atoms with van der Waals surface area (Å²) in [7, 11) is 1.23. The maximum atomic E-state index is 11.7. The van der Waals surface area contributed by atoms with E-state index >= 15 is 0 Å². The molecule has 0 N–H and O–H groups in total. The maximum Gasteiger partial charge on any atom is 0.338 e. The van der Waals surface area contributed by atoms with Gasteiger partial charge in [-0.25, -0.2) is 4.79 Å². The predicted octanol–water partition coefficient (Wildman–Crippen LogP) is 2.95. The lowest BCUT2D eigenvalue weighted by Crippen LogP contribution is -2.06. The Labute approximate surface area is 108 Å². The fourth-order valence-electron chi connectivity index (χ4n) is 1.80. The molecule has 0 atom stereocenters. The van der Waals surface area contributed by atoms with E-state index in [1.54, 1.807) is 12.1 Å². The Hall–Kier alpha value is -2.63. The second-order valence-electron chi connectivity index (χ2n) is 3.89. The van der Waals surface area contributed by atoms with Gasteiger partial charge in [-0.3, -0.25) is 10.1 Å². The zero-order valence-electron chi connectivity index (χ0n) is 10.4. The Bertz CT molecular complexity index is 631. The van der Waals surface area contributed by atoms with Gasteiger partial charge < -0.3 is 9.15 Å². The Balaban J connectivity index is 2.67. The molecule has 0 amide bonds. The van der Waals surface area contributed by atoms with Crippen molar-refractivity contribution in [2.45, 2.75) is 6.92 Å². The number of hydrogen-bond donors (Lipinski definition) is 0. The summed E-state index contributed by atoms with van der Waals surface area (Å²) < 4.78 is 9.82. The minimum atomic E-state index is -0.617. The highest BCUT2D eigenvalue weighted by molar-refractivity contribution is 5.94. The van der Waals surface area contributed by atoms with Gasteiger partial charge in [0.1, 0.15) is 5.76 Å². The lowest BCUT2D eigenvalue weighted by Gasteiger charge is -2.07. The molecule has 98 valence electrons. The highest BCUT2D eigenvalue weighted by Gasteiger charge is 2.22. The lowest BCUT2D eigenvalue weighted by molar-refractivity contribution is -0.385. The zero-order valence-corrected chi connectivity index (χ0v) is 10.4. The van der Waals surface area contributed by atoms with Crippen LogP contribution in [-0.2, 0) is 4.74 Å². The molecule has 2 aromatic rings. The SMILES string of the molecule is COC(=O)c1cc(-c2ccco2)cc([N+](=O)[O-])c1C. The fourth-order valence-corrected chi connectivity index (χ4v) is 1.80. The maximum absolute atomic E-state index is 11.7. The molecule has 19 heavy (non-hydrogen) atoms. The van der Waals surface area contributed by atoms with Crippen LogP contribution in [0.5, 0.6) is 0 Å². The summed E-state index contributed by atoms with van der Waals surface area (Å²) in [5, 5.41) is 11.0. The summed E-state index contributed by atoms with van der Waals surface area (Å²) in [5.41, 5.74) is 0.743. The molecule has 0 aliphatic heterocycles. The molecule has 0 spiro atoms. The van der Waals surface area contributed by atoms with Gasteiger partial charge in [-0.15, -0.1) is 0 Å². The van der Waals surface area contributed by atoms with Crippen molar-refractivity contribution in [3.05, 3.63) is 51.8 Å². The van der Waals surface area contributed by atoms with Crippen LogP contribution in [0.25, 0.3) is 11.3 Å². The molecule has 0 aliphatic carbocycles. The number of carbonyl (C=O) groups excluding carboxylic acids is 1. The van der Waals surface area contributed by atoms with Crippen LogP contribution in [0.15, 0.2) is 34.9 Å². The summed E-state index contributed by atoms with van der Waals surface area (Å²) >= 11 is 0. The Kier molecular flexibility index (Phi) is 3.33. The molecule has 0 bridgehead atoms. The summed E-state index contributed by atoms with van der Waals surface area (Å²) in [6, 6.07) is 6.22.